The van der Waals surface area contributed by atoms with Crippen LogP contribution in [0, 0.1) is 6.92 Å². The highest BCUT2D eigenvalue weighted by molar-refractivity contribution is 7.90. The van der Waals surface area contributed by atoms with Crippen LogP contribution in [0.4, 0.5) is 5.69 Å². The van der Waals surface area contributed by atoms with Gasteiger partial charge in [-0.1, -0.05) is 29.3 Å². The van der Waals surface area contributed by atoms with E-state index in [2.05, 4.69) is 5.32 Å². The average Bonchev–Trinajstić information content (AvgIpc) is 2.98. The van der Waals surface area contributed by atoms with Crippen LogP contribution in [0.5, 0.6) is 0 Å². The first-order valence-electron chi connectivity index (χ1n) is 7.93. The number of benzene rings is 2. The Morgan fingerprint density at radius 1 is 1.04 bits per heavy atom. The topological polar surface area (TPSA) is 90.2 Å². The minimum absolute atomic E-state index is 0.0733. The first-order chi connectivity index (χ1) is 12.8. The number of hydrogen-bond acceptors (Lipinski definition) is 4. The molecule has 140 valence electrons. The van der Waals surface area contributed by atoms with Gasteiger partial charge in [-0.05, 0) is 43.3 Å². The van der Waals surface area contributed by atoms with Crippen LogP contribution < -0.4 is 11.0 Å². The van der Waals surface area contributed by atoms with E-state index in [9.17, 15) is 18.0 Å². The molecule has 3 aromatic rings. The Morgan fingerprint density at radius 3 is 2.30 bits per heavy atom. The number of nitrogens with zero attached hydrogens (tertiary/aromatic N) is 2. The SMILES string of the molecule is Cc1ccc(NC(=O)Cn2ccn(S(=O)(=O)c3ccc(Cl)cc3)c2=O)cc1. The zero-order valence-electron chi connectivity index (χ0n) is 14.3. The molecule has 0 spiro atoms. The molecule has 1 aromatic heterocycles. The van der Waals surface area contributed by atoms with Crippen LogP contribution in [0.25, 0.3) is 0 Å². The molecular formula is C18H16ClN3O4S. The molecule has 0 saturated carbocycles. The first-order valence-corrected chi connectivity index (χ1v) is 9.74. The Labute approximate surface area is 160 Å². The van der Waals surface area contributed by atoms with E-state index in [0.717, 1.165) is 16.3 Å². The molecule has 3 rings (SSSR count). The lowest BCUT2D eigenvalue weighted by Gasteiger charge is -2.06. The molecule has 0 aliphatic rings. The van der Waals surface area contributed by atoms with Crippen molar-refractivity contribution < 1.29 is 13.2 Å². The molecule has 7 nitrogen and oxygen atoms in total. The van der Waals surface area contributed by atoms with Crippen LogP contribution in [0.3, 0.4) is 0 Å². The minimum Gasteiger partial charge on any atom is -0.325 e. The Balaban J connectivity index is 1.80. The summed E-state index contributed by atoms with van der Waals surface area (Å²) in [5, 5.41) is 3.04. The Bertz CT molecular complexity index is 1130. The molecule has 1 heterocycles. The van der Waals surface area contributed by atoms with E-state index in [0.29, 0.717) is 14.7 Å². The summed E-state index contributed by atoms with van der Waals surface area (Å²) >= 11 is 5.76. The van der Waals surface area contributed by atoms with Gasteiger partial charge in [-0.15, -0.1) is 0 Å². The molecule has 0 aliphatic carbocycles. The fourth-order valence-corrected chi connectivity index (χ4v) is 3.77. The first kappa shape index (κ1) is 18.9. The van der Waals surface area contributed by atoms with E-state index < -0.39 is 21.6 Å². The largest absolute Gasteiger partial charge is 0.342 e. The number of carbonyl (C=O) groups excluding carboxylic acids is 1. The molecule has 0 aliphatic heterocycles. The maximum atomic E-state index is 12.6. The van der Waals surface area contributed by atoms with Gasteiger partial charge < -0.3 is 5.32 Å². The van der Waals surface area contributed by atoms with Gasteiger partial charge in [0.05, 0.1) is 4.90 Å². The summed E-state index contributed by atoms with van der Waals surface area (Å²) in [4.78, 5) is 24.5. The minimum atomic E-state index is -4.07. The number of imidazole rings is 1. The van der Waals surface area contributed by atoms with Gasteiger partial charge in [-0.3, -0.25) is 9.36 Å². The molecule has 0 atom stereocenters. The number of nitrogens with one attached hydrogen (secondary N) is 1. The summed E-state index contributed by atoms with van der Waals surface area (Å²) in [5.74, 6) is -0.442. The summed E-state index contributed by atoms with van der Waals surface area (Å²) in [6.45, 7) is 1.62. The van der Waals surface area contributed by atoms with Gasteiger partial charge in [0.2, 0.25) is 5.91 Å². The molecule has 0 bridgehead atoms. The molecule has 0 fully saturated rings. The maximum Gasteiger partial charge on any atom is 0.342 e. The quantitative estimate of drug-likeness (QED) is 0.706. The van der Waals surface area contributed by atoms with E-state index in [1.165, 1.54) is 30.5 Å². The van der Waals surface area contributed by atoms with E-state index in [1.54, 1.807) is 12.1 Å². The van der Waals surface area contributed by atoms with Crippen molar-refractivity contribution in [1.82, 2.24) is 8.54 Å². The zero-order chi connectivity index (χ0) is 19.6. The molecule has 1 amide bonds. The maximum absolute atomic E-state index is 12.6. The number of halogens is 1. The number of carbonyl (C=O) groups is 1. The summed E-state index contributed by atoms with van der Waals surface area (Å²) in [7, 11) is -4.07. The van der Waals surface area contributed by atoms with Crippen molar-refractivity contribution in [3.8, 4) is 0 Å². The summed E-state index contributed by atoms with van der Waals surface area (Å²) in [6, 6.07) is 12.6. The van der Waals surface area contributed by atoms with Crippen LogP contribution in [0.2, 0.25) is 5.02 Å². The van der Waals surface area contributed by atoms with Gasteiger partial charge in [0.1, 0.15) is 6.54 Å². The highest BCUT2D eigenvalue weighted by Gasteiger charge is 2.21. The number of aromatic nitrogens is 2. The summed E-state index contributed by atoms with van der Waals surface area (Å²) in [5.41, 5.74) is 0.810. The van der Waals surface area contributed by atoms with Crippen LogP contribution >= 0.6 is 11.6 Å². The lowest BCUT2D eigenvalue weighted by molar-refractivity contribution is -0.116. The van der Waals surface area contributed by atoms with Gasteiger partial charge in [0, 0.05) is 23.1 Å². The standard InChI is InChI=1S/C18H16ClN3O4S/c1-13-2-6-15(7-3-13)20-17(23)12-21-10-11-22(18(21)24)27(25,26)16-8-4-14(19)5-9-16/h2-11H,12H2,1H3,(H,20,23). The monoisotopic (exact) mass is 405 g/mol. The van der Waals surface area contributed by atoms with Crippen LogP contribution in [0.15, 0.2) is 70.6 Å². The number of hydrogen-bond donors (Lipinski definition) is 1. The average molecular weight is 406 g/mol. The second kappa shape index (κ2) is 7.42. The Kier molecular flexibility index (Phi) is 5.20. The fraction of sp³-hybridized carbons (Fsp3) is 0.111. The molecular weight excluding hydrogens is 390 g/mol. The lowest BCUT2D eigenvalue weighted by Crippen LogP contribution is -2.32. The number of amides is 1. The van der Waals surface area contributed by atoms with Crippen LogP contribution in [-0.4, -0.2) is 22.9 Å². The van der Waals surface area contributed by atoms with Gasteiger partial charge in [0.15, 0.2) is 0 Å². The van der Waals surface area contributed by atoms with Crippen molar-refractivity contribution >= 4 is 33.2 Å². The highest BCUT2D eigenvalue weighted by atomic mass is 35.5. The van der Waals surface area contributed by atoms with Gasteiger partial charge in [0.25, 0.3) is 10.0 Å². The predicted molar refractivity (Wildman–Crippen MR) is 103 cm³/mol. The Morgan fingerprint density at radius 2 is 1.67 bits per heavy atom. The number of aryl methyl sites for hydroxylation is 1. The predicted octanol–water partition coefficient (Wildman–Crippen LogP) is 2.49. The van der Waals surface area contributed by atoms with E-state index in [-0.39, 0.29) is 11.4 Å². The molecule has 9 heteroatoms. The zero-order valence-corrected chi connectivity index (χ0v) is 15.9. The van der Waals surface area contributed by atoms with Gasteiger partial charge in [-0.25, -0.2) is 13.2 Å². The third-order valence-electron chi connectivity index (χ3n) is 3.84. The second-order valence-corrected chi connectivity index (χ2v) is 8.13. The fourth-order valence-electron chi connectivity index (χ4n) is 2.41. The number of anilines is 1. The van der Waals surface area contributed by atoms with E-state index in [1.807, 2.05) is 19.1 Å². The highest BCUT2D eigenvalue weighted by Crippen LogP contribution is 2.16. The lowest BCUT2D eigenvalue weighted by atomic mass is 10.2. The summed E-state index contributed by atoms with van der Waals surface area (Å²) < 4.78 is 26.8. The molecule has 1 N–H and O–H groups in total. The van der Waals surface area contributed by atoms with Gasteiger partial charge in [-0.2, -0.15) is 3.97 Å². The molecule has 27 heavy (non-hydrogen) atoms. The summed E-state index contributed by atoms with van der Waals surface area (Å²) in [6.07, 6.45) is 2.37. The van der Waals surface area contributed by atoms with Crippen molar-refractivity contribution in [2.75, 3.05) is 5.32 Å². The molecule has 2 aromatic carbocycles. The van der Waals surface area contributed by atoms with E-state index >= 15 is 0 Å². The van der Waals surface area contributed by atoms with Crippen molar-refractivity contribution in [3.05, 3.63) is 82.0 Å². The van der Waals surface area contributed by atoms with Crippen molar-refractivity contribution in [2.24, 2.45) is 0 Å². The van der Waals surface area contributed by atoms with Crippen LogP contribution in [-0.2, 0) is 21.4 Å². The van der Waals surface area contributed by atoms with Crippen molar-refractivity contribution in [2.45, 2.75) is 18.4 Å². The third-order valence-corrected chi connectivity index (χ3v) is 5.75. The van der Waals surface area contributed by atoms with E-state index in [4.69, 9.17) is 11.6 Å². The van der Waals surface area contributed by atoms with Crippen molar-refractivity contribution in [3.63, 3.8) is 0 Å². The molecule has 0 unspecified atom stereocenters. The Hall–Kier alpha value is -2.84. The van der Waals surface area contributed by atoms with Gasteiger partial charge >= 0.3 is 5.69 Å². The van der Waals surface area contributed by atoms with Crippen molar-refractivity contribution in [1.29, 1.82) is 0 Å². The molecule has 0 saturated heterocycles. The third kappa shape index (κ3) is 4.12. The smallest absolute Gasteiger partial charge is 0.325 e. The molecule has 0 radical (unpaired) electrons. The second-order valence-electron chi connectivity index (χ2n) is 5.88. The number of rotatable bonds is 5. The van der Waals surface area contributed by atoms with Crippen LogP contribution in [0.1, 0.15) is 5.56 Å². The normalized spacial score (nSPS) is 11.3.